The van der Waals surface area contributed by atoms with Crippen LogP contribution in [-0.4, -0.2) is 16.3 Å². The summed E-state index contributed by atoms with van der Waals surface area (Å²) >= 11 is 0. The van der Waals surface area contributed by atoms with E-state index >= 15 is 0 Å². The van der Waals surface area contributed by atoms with E-state index in [-0.39, 0.29) is 12.0 Å². The van der Waals surface area contributed by atoms with Gasteiger partial charge in [-0.05, 0) is 13.8 Å². The van der Waals surface area contributed by atoms with Crippen molar-refractivity contribution < 1.29 is 5.11 Å². The van der Waals surface area contributed by atoms with Crippen LogP contribution in [0.25, 0.3) is 5.70 Å². The summed E-state index contributed by atoms with van der Waals surface area (Å²) in [4.78, 5) is 0. The van der Waals surface area contributed by atoms with Crippen LogP contribution in [0.5, 0.6) is 0 Å². The predicted molar refractivity (Wildman–Crippen MR) is 61.1 cm³/mol. The molecule has 1 atom stereocenters. The van der Waals surface area contributed by atoms with Gasteiger partial charge in [-0.3, -0.25) is 5.01 Å². The molecule has 0 fully saturated rings. The highest BCUT2D eigenvalue weighted by molar-refractivity contribution is 5.66. The van der Waals surface area contributed by atoms with Gasteiger partial charge < -0.3 is 5.11 Å². The maximum atomic E-state index is 9.86. The highest BCUT2D eigenvalue weighted by Crippen LogP contribution is 2.25. The third-order valence-electron chi connectivity index (χ3n) is 2.51. The van der Waals surface area contributed by atoms with Gasteiger partial charge in [-0.2, -0.15) is 5.11 Å². The van der Waals surface area contributed by atoms with E-state index in [2.05, 4.69) is 10.2 Å². The Morgan fingerprint density at radius 2 is 1.94 bits per heavy atom. The SMILES string of the molecule is Cc1ccc(C2=C(O)N(N)C(C)N=N2)cc1. The van der Waals surface area contributed by atoms with E-state index in [9.17, 15) is 5.11 Å². The Morgan fingerprint density at radius 3 is 2.56 bits per heavy atom. The lowest BCUT2D eigenvalue weighted by molar-refractivity contribution is 0.155. The van der Waals surface area contributed by atoms with E-state index in [1.807, 2.05) is 31.2 Å². The monoisotopic (exact) mass is 218 g/mol. The van der Waals surface area contributed by atoms with Crippen LogP contribution in [0.3, 0.4) is 0 Å². The fraction of sp³-hybridized carbons (Fsp3) is 0.273. The molecule has 1 aliphatic rings. The molecule has 1 unspecified atom stereocenters. The molecule has 5 heteroatoms. The fourth-order valence-corrected chi connectivity index (χ4v) is 1.44. The number of aryl methyl sites for hydroxylation is 1. The molecule has 16 heavy (non-hydrogen) atoms. The van der Waals surface area contributed by atoms with Gasteiger partial charge in [-0.1, -0.05) is 29.8 Å². The number of aliphatic hydroxyl groups is 1. The molecule has 1 aliphatic heterocycles. The van der Waals surface area contributed by atoms with E-state index in [0.717, 1.165) is 11.1 Å². The predicted octanol–water partition coefficient (Wildman–Crippen LogP) is 2.17. The molecule has 2 rings (SSSR count). The highest BCUT2D eigenvalue weighted by atomic mass is 16.3. The van der Waals surface area contributed by atoms with Gasteiger partial charge in [-0.15, -0.1) is 5.11 Å². The molecular formula is C11H14N4O. The van der Waals surface area contributed by atoms with Gasteiger partial charge in [0.2, 0.25) is 5.88 Å². The number of aliphatic hydroxyl groups excluding tert-OH is 1. The third kappa shape index (κ3) is 1.77. The molecule has 1 heterocycles. The lowest BCUT2D eigenvalue weighted by Gasteiger charge is -2.25. The Bertz CT molecular complexity index is 450. The van der Waals surface area contributed by atoms with E-state index in [1.54, 1.807) is 6.92 Å². The first kappa shape index (κ1) is 10.6. The Balaban J connectivity index is 2.41. The molecule has 0 bridgehead atoms. The van der Waals surface area contributed by atoms with Crippen molar-refractivity contribution in [3.05, 3.63) is 41.3 Å². The number of rotatable bonds is 1. The van der Waals surface area contributed by atoms with Crippen LogP contribution >= 0.6 is 0 Å². The number of nitrogens with zero attached hydrogens (tertiary/aromatic N) is 3. The van der Waals surface area contributed by atoms with Crippen molar-refractivity contribution in [2.45, 2.75) is 20.0 Å². The summed E-state index contributed by atoms with van der Waals surface area (Å²) in [7, 11) is 0. The first-order chi connectivity index (χ1) is 7.59. The Morgan fingerprint density at radius 1 is 1.31 bits per heavy atom. The second kappa shape index (κ2) is 3.94. The molecule has 0 saturated carbocycles. The van der Waals surface area contributed by atoms with Crippen LogP contribution in [-0.2, 0) is 0 Å². The molecule has 0 aliphatic carbocycles. The number of hydrazine groups is 1. The van der Waals surface area contributed by atoms with Gasteiger partial charge in [0.1, 0.15) is 0 Å². The highest BCUT2D eigenvalue weighted by Gasteiger charge is 2.21. The molecule has 1 aromatic rings. The van der Waals surface area contributed by atoms with Gasteiger partial charge in [0.25, 0.3) is 0 Å². The summed E-state index contributed by atoms with van der Waals surface area (Å²) in [5, 5.41) is 19.0. The Hall–Kier alpha value is -1.88. The molecule has 3 N–H and O–H groups in total. The largest absolute Gasteiger partial charge is 0.492 e. The minimum atomic E-state index is -0.339. The molecule has 5 nitrogen and oxygen atoms in total. The summed E-state index contributed by atoms with van der Waals surface area (Å²) < 4.78 is 0. The number of nitrogens with two attached hydrogens (primary N) is 1. The molecular weight excluding hydrogens is 204 g/mol. The average molecular weight is 218 g/mol. The zero-order valence-electron chi connectivity index (χ0n) is 9.25. The zero-order chi connectivity index (χ0) is 11.7. The van der Waals surface area contributed by atoms with Crippen molar-refractivity contribution in [1.29, 1.82) is 0 Å². The zero-order valence-corrected chi connectivity index (χ0v) is 9.25. The maximum Gasteiger partial charge on any atom is 0.232 e. The summed E-state index contributed by atoms with van der Waals surface area (Å²) in [6, 6.07) is 7.65. The molecule has 1 aromatic carbocycles. The number of hydrogen-bond acceptors (Lipinski definition) is 5. The minimum Gasteiger partial charge on any atom is -0.492 e. The molecule has 0 radical (unpaired) electrons. The second-order valence-electron chi connectivity index (χ2n) is 3.79. The van der Waals surface area contributed by atoms with Gasteiger partial charge in [0, 0.05) is 5.56 Å². The second-order valence-corrected chi connectivity index (χ2v) is 3.79. The topological polar surface area (TPSA) is 74.2 Å². The van der Waals surface area contributed by atoms with E-state index in [0.29, 0.717) is 5.70 Å². The number of azo groups is 1. The molecule has 84 valence electrons. The Kier molecular flexibility index (Phi) is 2.62. The van der Waals surface area contributed by atoms with Crippen molar-refractivity contribution in [1.82, 2.24) is 5.01 Å². The van der Waals surface area contributed by atoms with Crippen LogP contribution in [0.2, 0.25) is 0 Å². The normalized spacial score (nSPS) is 20.4. The Labute approximate surface area is 93.9 Å². The smallest absolute Gasteiger partial charge is 0.232 e. The molecule has 0 spiro atoms. The van der Waals surface area contributed by atoms with Crippen molar-refractivity contribution in [3.8, 4) is 0 Å². The minimum absolute atomic E-state index is 0.0497. The fourth-order valence-electron chi connectivity index (χ4n) is 1.44. The number of benzene rings is 1. The lowest BCUT2D eigenvalue weighted by Crippen LogP contribution is -2.39. The maximum absolute atomic E-state index is 9.86. The van der Waals surface area contributed by atoms with Crippen molar-refractivity contribution in [3.63, 3.8) is 0 Å². The summed E-state index contributed by atoms with van der Waals surface area (Å²) in [6.07, 6.45) is -0.339. The quantitative estimate of drug-likeness (QED) is 0.709. The first-order valence-corrected chi connectivity index (χ1v) is 5.04. The van der Waals surface area contributed by atoms with Gasteiger partial charge >= 0.3 is 0 Å². The molecule has 0 amide bonds. The van der Waals surface area contributed by atoms with Crippen molar-refractivity contribution >= 4 is 5.70 Å². The summed E-state index contributed by atoms with van der Waals surface area (Å²) in [5.41, 5.74) is 2.35. The van der Waals surface area contributed by atoms with E-state index < -0.39 is 0 Å². The van der Waals surface area contributed by atoms with Gasteiger partial charge in [-0.25, -0.2) is 5.84 Å². The van der Waals surface area contributed by atoms with E-state index in [4.69, 9.17) is 5.84 Å². The lowest BCUT2D eigenvalue weighted by atomic mass is 10.1. The van der Waals surface area contributed by atoms with Crippen LogP contribution in [0.4, 0.5) is 0 Å². The summed E-state index contributed by atoms with van der Waals surface area (Å²) in [6.45, 7) is 3.75. The standard InChI is InChI=1S/C11H14N4O/c1-7-3-5-9(6-4-7)10-11(16)15(12)8(2)13-14-10/h3-6,8,16H,12H2,1-2H3. The van der Waals surface area contributed by atoms with Gasteiger partial charge in [0.15, 0.2) is 11.9 Å². The van der Waals surface area contributed by atoms with Crippen LogP contribution in [0.1, 0.15) is 18.1 Å². The summed E-state index contributed by atoms with van der Waals surface area (Å²) in [5.74, 6) is 5.60. The van der Waals surface area contributed by atoms with E-state index in [1.165, 1.54) is 5.01 Å². The van der Waals surface area contributed by atoms with Crippen molar-refractivity contribution in [2.24, 2.45) is 16.1 Å². The number of hydrogen-bond donors (Lipinski definition) is 2. The van der Waals surface area contributed by atoms with Crippen LogP contribution < -0.4 is 5.84 Å². The van der Waals surface area contributed by atoms with Gasteiger partial charge in [0.05, 0.1) is 0 Å². The molecule has 0 saturated heterocycles. The van der Waals surface area contributed by atoms with Crippen LogP contribution in [0.15, 0.2) is 40.4 Å². The van der Waals surface area contributed by atoms with Crippen LogP contribution in [0, 0.1) is 6.92 Å². The third-order valence-corrected chi connectivity index (χ3v) is 2.51. The first-order valence-electron chi connectivity index (χ1n) is 5.04. The van der Waals surface area contributed by atoms with Crippen molar-refractivity contribution in [2.75, 3.05) is 0 Å². The molecule has 0 aromatic heterocycles. The average Bonchev–Trinajstić information content (AvgIpc) is 2.28.